The predicted octanol–water partition coefficient (Wildman–Crippen LogP) is 2.92. The smallest absolute Gasteiger partial charge is 0.312 e. The molecule has 0 N–H and O–H groups in total. The Hall–Kier alpha value is -1.10. The Morgan fingerprint density at radius 1 is 0.950 bits per heavy atom. The van der Waals surface area contributed by atoms with Gasteiger partial charge in [-0.1, -0.05) is 20.8 Å². The van der Waals surface area contributed by atoms with Gasteiger partial charge in [0, 0.05) is 11.0 Å². The zero-order chi connectivity index (χ0) is 14.4. The first-order valence-electron chi connectivity index (χ1n) is 6.97. The fourth-order valence-corrected chi connectivity index (χ4v) is 2.64. The quantitative estimate of drug-likeness (QED) is 0.833. The van der Waals surface area contributed by atoms with Crippen LogP contribution in [0.5, 0.6) is 5.75 Å². The lowest BCUT2D eigenvalue weighted by atomic mass is 9.67. The van der Waals surface area contributed by atoms with Crippen LogP contribution in [0.4, 0.5) is 0 Å². The molecule has 0 aliphatic carbocycles. The molecule has 3 aliphatic rings. The number of rotatable bonds is 2. The van der Waals surface area contributed by atoms with Crippen LogP contribution in [-0.2, 0) is 20.2 Å². The fourth-order valence-electron chi connectivity index (χ4n) is 2.64. The zero-order valence-corrected chi connectivity index (χ0v) is 12.6. The van der Waals surface area contributed by atoms with E-state index in [9.17, 15) is 0 Å². The molecule has 0 aromatic heterocycles. The highest BCUT2D eigenvalue weighted by Crippen LogP contribution is 2.51. The van der Waals surface area contributed by atoms with E-state index < -0.39 is 5.97 Å². The Morgan fingerprint density at radius 3 is 1.85 bits per heavy atom. The van der Waals surface area contributed by atoms with Crippen molar-refractivity contribution in [1.29, 1.82) is 0 Å². The molecular formula is C16H22O4. The maximum atomic E-state index is 5.97. The minimum absolute atomic E-state index is 0.0682. The second-order valence-corrected chi connectivity index (χ2v) is 6.68. The molecule has 4 heteroatoms. The van der Waals surface area contributed by atoms with Crippen molar-refractivity contribution in [1.82, 2.24) is 0 Å². The van der Waals surface area contributed by atoms with E-state index in [0.29, 0.717) is 19.8 Å². The summed E-state index contributed by atoms with van der Waals surface area (Å²) in [6.45, 7) is 8.58. The summed E-state index contributed by atoms with van der Waals surface area (Å²) in [4.78, 5) is 0. The maximum absolute atomic E-state index is 5.97. The van der Waals surface area contributed by atoms with Crippen LogP contribution in [0.3, 0.4) is 0 Å². The third-order valence-electron chi connectivity index (χ3n) is 4.65. The van der Waals surface area contributed by atoms with Crippen molar-refractivity contribution in [3.8, 4) is 5.75 Å². The second-order valence-electron chi connectivity index (χ2n) is 6.68. The summed E-state index contributed by atoms with van der Waals surface area (Å²) < 4.78 is 23.1. The Balaban J connectivity index is 1.84. The molecule has 1 aromatic rings. The van der Waals surface area contributed by atoms with Crippen LogP contribution in [-0.4, -0.2) is 26.9 Å². The standard InChI is InChI=1S/C16H22O4/c1-14(2,3)15-9-18-16(19-10-15,20-11-15)12-5-7-13(17-4)8-6-12/h5-8H,9-11H2,1-4H3. The Bertz CT molecular complexity index is 462. The molecular weight excluding hydrogens is 256 g/mol. The number of hydrogen-bond acceptors (Lipinski definition) is 4. The van der Waals surface area contributed by atoms with Gasteiger partial charge in [-0.3, -0.25) is 0 Å². The second kappa shape index (κ2) is 4.45. The highest BCUT2D eigenvalue weighted by Gasteiger charge is 2.57. The summed E-state index contributed by atoms with van der Waals surface area (Å²) in [7, 11) is 1.65. The highest BCUT2D eigenvalue weighted by atomic mass is 16.9. The van der Waals surface area contributed by atoms with Crippen LogP contribution in [0.2, 0.25) is 0 Å². The van der Waals surface area contributed by atoms with Gasteiger partial charge in [0.1, 0.15) is 5.75 Å². The Kier molecular flexibility index (Phi) is 3.08. The number of ether oxygens (including phenoxy) is 4. The molecule has 1 aromatic carbocycles. The molecule has 4 nitrogen and oxygen atoms in total. The lowest BCUT2D eigenvalue weighted by molar-refractivity contribution is -0.489. The Morgan fingerprint density at radius 2 is 1.45 bits per heavy atom. The van der Waals surface area contributed by atoms with Gasteiger partial charge in [0.2, 0.25) is 0 Å². The molecule has 3 heterocycles. The van der Waals surface area contributed by atoms with Crippen molar-refractivity contribution in [3.05, 3.63) is 29.8 Å². The first kappa shape index (κ1) is 13.9. The molecule has 20 heavy (non-hydrogen) atoms. The van der Waals surface area contributed by atoms with Gasteiger partial charge in [0.05, 0.1) is 26.9 Å². The number of fused-ring (bicyclic) bond motifs is 3. The van der Waals surface area contributed by atoms with Crippen LogP contribution in [0.1, 0.15) is 26.3 Å². The largest absolute Gasteiger partial charge is 0.497 e. The van der Waals surface area contributed by atoms with Gasteiger partial charge in [-0.05, 0) is 29.7 Å². The molecule has 0 saturated carbocycles. The van der Waals surface area contributed by atoms with Crippen LogP contribution in [0, 0.1) is 10.8 Å². The maximum Gasteiger partial charge on any atom is 0.312 e. The van der Waals surface area contributed by atoms with E-state index in [1.54, 1.807) is 7.11 Å². The van der Waals surface area contributed by atoms with Crippen molar-refractivity contribution in [2.45, 2.75) is 26.7 Å². The summed E-state index contributed by atoms with van der Waals surface area (Å²) >= 11 is 0. The molecule has 2 bridgehead atoms. The minimum atomic E-state index is -1.04. The number of hydrogen-bond donors (Lipinski definition) is 0. The van der Waals surface area contributed by atoms with Crippen molar-refractivity contribution < 1.29 is 18.9 Å². The van der Waals surface area contributed by atoms with E-state index in [1.165, 1.54) is 0 Å². The minimum Gasteiger partial charge on any atom is -0.497 e. The van der Waals surface area contributed by atoms with Gasteiger partial charge in [0.25, 0.3) is 0 Å². The molecule has 3 fully saturated rings. The summed E-state index contributed by atoms with van der Waals surface area (Å²) in [5.41, 5.74) is 0.890. The van der Waals surface area contributed by atoms with E-state index in [1.807, 2.05) is 24.3 Å². The lowest BCUT2D eigenvalue weighted by Gasteiger charge is -2.56. The first-order chi connectivity index (χ1) is 9.41. The third-order valence-corrected chi connectivity index (χ3v) is 4.65. The summed E-state index contributed by atoms with van der Waals surface area (Å²) in [5.74, 6) is -0.236. The molecule has 110 valence electrons. The monoisotopic (exact) mass is 278 g/mol. The van der Waals surface area contributed by atoms with Gasteiger partial charge in [-0.15, -0.1) is 0 Å². The number of methoxy groups -OCH3 is 1. The van der Waals surface area contributed by atoms with Gasteiger partial charge in [-0.25, -0.2) is 0 Å². The SMILES string of the molecule is COc1ccc(C23OCC(C(C)(C)C)(CO2)CO3)cc1. The normalized spacial score (nSPS) is 33.2. The summed E-state index contributed by atoms with van der Waals surface area (Å²) in [6, 6.07) is 7.63. The van der Waals surface area contributed by atoms with Crippen LogP contribution in [0.25, 0.3) is 0 Å². The van der Waals surface area contributed by atoms with E-state index >= 15 is 0 Å². The van der Waals surface area contributed by atoms with E-state index in [2.05, 4.69) is 20.8 Å². The van der Waals surface area contributed by atoms with Gasteiger partial charge >= 0.3 is 5.97 Å². The van der Waals surface area contributed by atoms with Crippen LogP contribution < -0.4 is 4.74 Å². The van der Waals surface area contributed by atoms with Crippen molar-refractivity contribution in [2.75, 3.05) is 26.9 Å². The molecule has 0 radical (unpaired) electrons. The van der Waals surface area contributed by atoms with Crippen molar-refractivity contribution in [3.63, 3.8) is 0 Å². The fraction of sp³-hybridized carbons (Fsp3) is 0.625. The van der Waals surface area contributed by atoms with Crippen molar-refractivity contribution >= 4 is 0 Å². The summed E-state index contributed by atoms with van der Waals surface area (Å²) in [5, 5.41) is 0. The van der Waals surface area contributed by atoms with Crippen molar-refractivity contribution in [2.24, 2.45) is 10.8 Å². The summed E-state index contributed by atoms with van der Waals surface area (Å²) in [6.07, 6.45) is 0. The van der Waals surface area contributed by atoms with Gasteiger partial charge in [-0.2, -0.15) is 0 Å². The molecule has 0 amide bonds. The average Bonchev–Trinajstić information content (AvgIpc) is 2.48. The zero-order valence-electron chi connectivity index (χ0n) is 12.6. The van der Waals surface area contributed by atoms with E-state index in [-0.39, 0.29) is 10.8 Å². The highest BCUT2D eigenvalue weighted by molar-refractivity contribution is 5.29. The van der Waals surface area contributed by atoms with E-state index in [0.717, 1.165) is 11.3 Å². The van der Waals surface area contributed by atoms with Crippen LogP contribution >= 0.6 is 0 Å². The molecule has 4 rings (SSSR count). The number of benzene rings is 1. The average molecular weight is 278 g/mol. The molecule has 3 aliphatic heterocycles. The third kappa shape index (κ3) is 1.94. The van der Waals surface area contributed by atoms with E-state index in [4.69, 9.17) is 18.9 Å². The molecule has 0 unspecified atom stereocenters. The van der Waals surface area contributed by atoms with Gasteiger partial charge < -0.3 is 18.9 Å². The molecule has 0 atom stereocenters. The Labute approximate surface area is 120 Å². The predicted molar refractivity (Wildman–Crippen MR) is 74.4 cm³/mol. The lowest BCUT2D eigenvalue weighted by Crippen LogP contribution is -2.62. The molecule has 3 saturated heterocycles. The topological polar surface area (TPSA) is 36.9 Å². The van der Waals surface area contributed by atoms with Gasteiger partial charge in [0.15, 0.2) is 0 Å². The molecule has 0 spiro atoms. The first-order valence-corrected chi connectivity index (χ1v) is 6.97. The van der Waals surface area contributed by atoms with Crippen LogP contribution in [0.15, 0.2) is 24.3 Å².